The Bertz CT molecular complexity index is 998. The molecular weight excluding hydrogens is 433 g/mol. The van der Waals surface area contributed by atoms with E-state index in [0.29, 0.717) is 30.6 Å². The molecule has 5 nitrogen and oxygen atoms in total. The van der Waals surface area contributed by atoms with Crippen molar-refractivity contribution in [2.24, 2.45) is 23.5 Å². The lowest BCUT2D eigenvalue weighted by atomic mass is 9.62. The average Bonchev–Trinajstić information content (AvgIpc) is 2.80. The van der Waals surface area contributed by atoms with Crippen LogP contribution in [0, 0.1) is 17.8 Å². The van der Waals surface area contributed by atoms with Crippen molar-refractivity contribution in [3.63, 3.8) is 0 Å². The smallest absolute Gasteiger partial charge is 0.416 e. The van der Waals surface area contributed by atoms with Crippen molar-refractivity contribution in [3.8, 4) is 5.75 Å². The predicted octanol–water partition coefficient (Wildman–Crippen LogP) is 4.46. The number of piperidine rings is 1. The van der Waals surface area contributed by atoms with Crippen LogP contribution < -0.4 is 15.8 Å². The summed E-state index contributed by atoms with van der Waals surface area (Å²) in [6.07, 6.45) is -2.19. The summed E-state index contributed by atoms with van der Waals surface area (Å²) in [7, 11) is 2.82. The van der Waals surface area contributed by atoms with Gasteiger partial charge in [-0.25, -0.2) is 0 Å². The second-order valence-corrected chi connectivity index (χ2v) is 9.08. The summed E-state index contributed by atoms with van der Waals surface area (Å²) in [5.74, 6) is -0.286. The first kappa shape index (κ1) is 23.6. The zero-order valence-electron chi connectivity index (χ0n) is 18.7. The van der Waals surface area contributed by atoms with Crippen LogP contribution in [-0.2, 0) is 22.1 Å². The van der Waals surface area contributed by atoms with E-state index >= 15 is 0 Å². The maximum atomic E-state index is 13.4. The fourth-order valence-corrected chi connectivity index (χ4v) is 5.62. The molecular formula is C25H29F3N2O3. The summed E-state index contributed by atoms with van der Waals surface area (Å²) < 4.78 is 50.7. The van der Waals surface area contributed by atoms with Gasteiger partial charge in [0.05, 0.1) is 31.4 Å². The molecule has 1 aliphatic heterocycles. The van der Waals surface area contributed by atoms with Crippen LogP contribution in [0.5, 0.6) is 5.75 Å². The fourth-order valence-electron chi connectivity index (χ4n) is 5.62. The largest absolute Gasteiger partial charge is 0.496 e. The zero-order valence-corrected chi connectivity index (χ0v) is 18.7. The molecule has 0 radical (unpaired) electrons. The van der Waals surface area contributed by atoms with E-state index in [1.165, 1.54) is 26.4 Å². The minimum absolute atomic E-state index is 0.0277. The molecule has 0 amide bonds. The predicted molar refractivity (Wildman–Crippen MR) is 117 cm³/mol. The third-order valence-electron chi connectivity index (χ3n) is 7.21. The van der Waals surface area contributed by atoms with E-state index < -0.39 is 23.3 Å². The summed E-state index contributed by atoms with van der Waals surface area (Å²) in [5.41, 5.74) is 6.62. The van der Waals surface area contributed by atoms with Crippen molar-refractivity contribution in [3.05, 3.63) is 65.2 Å². The Balaban J connectivity index is 1.73. The van der Waals surface area contributed by atoms with Gasteiger partial charge < -0.3 is 15.2 Å². The van der Waals surface area contributed by atoms with Crippen molar-refractivity contribution in [1.82, 2.24) is 5.32 Å². The number of rotatable bonds is 5. The second-order valence-electron chi connectivity index (χ2n) is 9.08. The van der Waals surface area contributed by atoms with Crippen molar-refractivity contribution >= 4 is 5.97 Å². The summed E-state index contributed by atoms with van der Waals surface area (Å²) in [5, 5.41) is 3.51. The molecule has 1 saturated heterocycles. The van der Waals surface area contributed by atoms with Crippen molar-refractivity contribution < 1.29 is 27.4 Å². The van der Waals surface area contributed by atoms with E-state index in [1.807, 2.05) is 30.3 Å². The Hall–Kier alpha value is -2.58. The van der Waals surface area contributed by atoms with Crippen molar-refractivity contribution in [2.75, 3.05) is 14.2 Å². The number of benzene rings is 2. The van der Waals surface area contributed by atoms with E-state index in [0.717, 1.165) is 18.1 Å². The maximum absolute atomic E-state index is 13.4. The summed E-state index contributed by atoms with van der Waals surface area (Å²) in [4.78, 5) is 12.4. The van der Waals surface area contributed by atoms with Gasteiger partial charge in [-0.3, -0.25) is 10.1 Å². The van der Waals surface area contributed by atoms with Gasteiger partial charge in [-0.05, 0) is 66.8 Å². The van der Waals surface area contributed by atoms with E-state index in [4.69, 9.17) is 15.2 Å². The number of ether oxygens (including phenoxy) is 2. The topological polar surface area (TPSA) is 73.6 Å². The molecule has 33 heavy (non-hydrogen) atoms. The molecule has 0 spiro atoms. The first-order valence-corrected chi connectivity index (χ1v) is 11.1. The fraction of sp³-hybridized carbons (Fsp3) is 0.480. The number of nitrogens with two attached hydrogens (primary N) is 1. The van der Waals surface area contributed by atoms with Gasteiger partial charge in [-0.15, -0.1) is 0 Å². The van der Waals surface area contributed by atoms with E-state index in [-0.39, 0.29) is 23.8 Å². The number of carbonyl (C=O) groups excluding carboxylic acids is 1. The van der Waals surface area contributed by atoms with Gasteiger partial charge >= 0.3 is 12.1 Å². The molecule has 1 aliphatic carbocycles. The zero-order chi connectivity index (χ0) is 23.8. The lowest BCUT2D eigenvalue weighted by Crippen LogP contribution is -2.69. The highest BCUT2D eigenvalue weighted by Gasteiger charge is 2.53. The van der Waals surface area contributed by atoms with Gasteiger partial charge in [-0.2, -0.15) is 13.2 Å². The number of halogens is 3. The number of hydrogen-bond donors (Lipinski definition) is 2. The van der Waals surface area contributed by atoms with Gasteiger partial charge in [0, 0.05) is 6.04 Å². The number of methoxy groups -OCH3 is 2. The Morgan fingerprint density at radius 1 is 1.15 bits per heavy atom. The second kappa shape index (κ2) is 8.99. The summed E-state index contributed by atoms with van der Waals surface area (Å²) in [6.45, 7) is 0. The highest BCUT2D eigenvalue weighted by Crippen LogP contribution is 2.49. The van der Waals surface area contributed by atoms with Gasteiger partial charge in [0.15, 0.2) is 0 Å². The van der Waals surface area contributed by atoms with Crippen LogP contribution in [0.15, 0.2) is 48.5 Å². The molecule has 3 N–H and O–H groups in total. The van der Waals surface area contributed by atoms with E-state index in [2.05, 4.69) is 5.32 Å². The molecule has 2 aromatic carbocycles. The highest BCUT2D eigenvalue weighted by atomic mass is 19.4. The van der Waals surface area contributed by atoms with Crippen LogP contribution in [0.25, 0.3) is 0 Å². The first-order valence-electron chi connectivity index (χ1n) is 11.1. The number of alkyl halides is 3. The third-order valence-corrected chi connectivity index (χ3v) is 7.21. The average molecular weight is 463 g/mol. The number of fused-ring (bicyclic) bond motifs is 2. The minimum Gasteiger partial charge on any atom is -0.496 e. The summed E-state index contributed by atoms with van der Waals surface area (Å²) in [6, 6.07) is 13.1. The standard InChI is InChI=1S/C25H29F3N2O3/c1-32-21-11-9-18(25(26,27)28)12-17(21)13-19-16-8-10-20(23(31)33-2)24(29,14-16)30-22(19)15-6-4-3-5-7-15/h3-7,9,11-12,16,19-20,22,30H,8,10,13-14,29H2,1-2H3. The normalized spacial score (nSPS) is 29.4. The van der Waals surface area contributed by atoms with Gasteiger partial charge in [0.25, 0.3) is 0 Å². The number of hydrogen-bond acceptors (Lipinski definition) is 5. The molecule has 2 bridgehead atoms. The molecule has 4 rings (SSSR count). The lowest BCUT2D eigenvalue weighted by Gasteiger charge is -2.54. The SMILES string of the molecule is COC(=O)C1CCC2CC1(N)NC(c1ccccc1)C2Cc1cc(C(F)(F)F)ccc1OC. The molecule has 1 saturated carbocycles. The molecule has 2 aliphatic rings. The molecule has 1 heterocycles. The molecule has 5 atom stereocenters. The Morgan fingerprint density at radius 3 is 2.52 bits per heavy atom. The minimum atomic E-state index is -4.43. The molecule has 0 aromatic heterocycles. The van der Waals surface area contributed by atoms with Crippen LogP contribution in [-0.4, -0.2) is 25.9 Å². The Morgan fingerprint density at radius 2 is 1.88 bits per heavy atom. The summed E-state index contributed by atoms with van der Waals surface area (Å²) >= 11 is 0. The number of esters is 1. The third kappa shape index (κ3) is 4.59. The van der Waals surface area contributed by atoms with Crippen LogP contribution >= 0.6 is 0 Å². The van der Waals surface area contributed by atoms with Crippen LogP contribution in [0.2, 0.25) is 0 Å². The van der Waals surface area contributed by atoms with Gasteiger partial charge in [-0.1, -0.05) is 30.3 Å². The van der Waals surface area contributed by atoms with Crippen molar-refractivity contribution in [2.45, 2.75) is 43.6 Å². The quantitative estimate of drug-likeness (QED) is 0.642. The molecule has 2 fully saturated rings. The number of nitrogens with one attached hydrogen (secondary N) is 1. The van der Waals surface area contributed by atoms with Crippen LogP contribution in [0.3, 0.4) is 0 Å². The Kier molecular flexibility index (Phi) is 6.42. The van der Waals surface area contributed by atoms with Crippen LogP contribution in [0.1, 0.15) is 42.0 Å². The number of carbonyl (C=O) groups is 1. The monoisotopic (exact) mass is 462 g/mol. The van der Waals surface area contributed by atoms with E-state index in [1.54, 1.807) is 0 Å². The maximum Gasteiger partial charge on any atom is 0.416 e. The van der Waals surface area contributed by atoms with Crippen LogP contribution in [0.4, 0.5) is 13.2 Å². The van der Waals surface area contributed by atoms with Crippen molar-refractivity contribution in [1.29, 1.82) is 0 Å². The van der Waals surface area contributed by atoms with Gasteiger partial charge in [0.1, 0.15) is 5.75 Å². The van der Waals surface area contributed by atoms with Gasteiger partial charge in [0.2, 0.25) is 0 Å². The Labute approximate surface area is 191 Å². The molecule has 5 unspecified atom stereocenters. The molecule has 2 aromatic rings. The highest BCUT2D eigenvalue weighted by molar-refractivity contribution is 5.74. The van der Waals surface area contributed by atoms with E-state index in [9.17, 15) is 18.0 Å². The first-order chi connectivity index (χ1) is 15.7. The lowest BCUT2D eigenvalue weighted by molar-refractivity contribution is -0.153. The molecule has 8 heteroatoms. The molecule has 178 valence electrons.